The molecule has 2 saturated heterocycles. The molecule has 0 spiro atoms. The Balaban J connectivity index is 1.94. The molecule has 0 radical (unpaired) electrons. The van der Waals surface area contributed by atoms with Crippen LogP contribution in [0.2, 0.25) is 0 Å². The molecule has 2 aliphatic rings. The van der Waals surface area contributed by atoms with Crippen LogP contribution in [0, 0.1) is 11.3 Å². The van der Waals surface area contributed by atoms with Gasteiger partial charge in [0, 0.05) is 12.1 Å². The summed E-state index contributed by atoms with van der Waals surface area (Å²) < 4.78 is 0. The highest BCUT2D eigenvalue weighted by atomic mass is 15.2. The molecule has 0 atom stereocenters. The fraction of sp³-hybridized carbons (Fsp3) is 1.00. The molecule has 0 unspecified atom stereocenters. The monoisotopic (exact) mass is 281 g/mol. The molecule has 0 aromatic heterocycles. The molecule has 118 valence electrons. The highest BCUT2D eigenvalue weighted by Gasteiger charge is 2.41. The first-order chi connectivity index (χ1) is 9.41. The molecule has 0 aromatic rings. The van der Waals surface area contributed by atoms with Gasteiger partial charge in [0.05, 0.1) is 0 Å². The number of hydrogen-bond acceptors (Lipinski definition) is 3. The Bertz CT molecular complexity index is 292. The molecule has 0 bridgehead atoms. The summed E-state index contributed by atoms with van der Waals surface area (Å²) in [6.07, 6.45) is 5.22. The molecule has 2 aliphatic heterocycles. The molecule has 20 heavy (non-hydrogen) atoms. The third-order valence-corrected chi connectivity index (χ3v) is 6.00. The van der Waals surface area contributed by atoms with Crippen molar-refractivity contribution < 1.29 is 0 Å². The van der Waals surface area contributed by atoms with Crippen LogP contribution in [0.3, 0.4) is 0 Å². The fourth-order valence-electron chi connectivity index (χ4n) is 4.15. The molecule has 2 N–H and O–H groups in total. The molecule has 2 heterocycles. The number of rotatable bonds is 3. The standard InChI is InChI=1S/C17H35N3/c1-5-19-12-8-17(14-18,9-13-19)20-10-6-15(7-11-20)16(2,3)4/h15H,5-14,18H2,1-4H3. The van der Waals surface area contributed by atoms with Crippen LogP contribution in [-0.4, -0.2) is 54.6 Å². The Kier molecular flexibility index (Phi) is 5.14. The minimum absolute atomic E-state index is 0.300. The quantitative estimate of drug-likeness (QED) is 0.863. The summed E-state index contributed by atoms with van der Waals surface area (Å²) in [5, 5.41) is 0. The van der Waals surface area contributed by atoms with Crippen LogP contribution in [0.1, 0.15) is 53.4 Å². The van der Waals surface area contributed by atoms with Gasteiger partial charge in [-0.1, -0.05) is 27.7 Å². The fourth-order valence-corrected chi connectivity index (χ4v) is 4.15. The van der Waals surface area contributed by atoms with E-state index in [0.717, 1.165) is 12.5 Å². The van der Waals surface area contributed by atoms with E-state index >= 15 is 0 Å². The van der Waals surface area contributed by atoms with Gasteiger partial charge in [-0.2, -0.15) is 0 Å². The Morgan fingerprint density at radius 3 is 2.00 bits per heavy atom. The van der Waals surface area contributed by atoms with Crippen molar-refractivity contribution in [2.24, 2.45) is 17.1 Å². The third-order valence-electron chi connectivity index (χ3n) is 6.00. The predicted octanol–water partition coefficient (Wildman–Crippen LogP) is 2.56. The van der Waals surface area contributed by atoms with Gasteiger partial charge in [-0.05, 0) is 69.7 Å². The van der Waals surface area contributed by atoms with E-state index < -0.39 is 0 Å². The van der Waals surface area contributed by atoms with Crippen LogP contribution in [-0.2, 0) is 0 Å². The third kappa shape index (κ3) is 3.37. The largest absolute Gasteiger partial charge is 0.329 e. The Morgan fingerprint density at radius 1 is 1.05 bits per heavy atom. The SMILES string of the molecule is CCN1CCC(CN)(N2CCC(C(C)(C)C)CC2)CC1. The van der Waals surface area contributed by atoms with Crippen LogP contribution in [0.4, 0.5) is 0 Å². The van der Waals surface area contributed by atoms with E-state index in [-0.39, 0.29) is 0 Å². The summed E-state index contributed by atoms with van der Waals surface area (Å²) in [5.74, 6) is 0.879. The van der Waals surface area contributed by atoms with Crippen molar-refractivity contribution in [3.8, 4) is 0 Å². The summed E-state index contributed by atoms with van der Waals surface area (Å²) in [6, 6.07) is 0. The smallest absolute Gasteiger partial charge is 0.0356 e. The van der Waals surface area contributed by atoms with Crippen molar-refractivity contribution in [2.45, 2.75) is 58.9 Å². The van der Waals surface area contributed by atoms with Crippen LogP contribution in [0.25, 0.3) is 0 Å². The maximum atomic E-state index is 6.22. The average molecular weight is 281 g/mol. The Labute approximate surface area is 125 Å². The summed E-state index contributed by atoms with van der Waals surface area (Å²) in [7, 11) is 0. The van der Waals surface area contributed by atoms with Crippen LogP contribution < -0.4 is 5.73 Å². The number of nitrogens with zero attached hydrogens (tertiary/aromatic N) is 2. The molecule has 0 saturated carbocycles. The van der Waals surface area contributed by atoms with Gasteiger partial charge in [0.25, 0.3) is 0 Å². The lowest BCUT2D eigenvalue weighted by Crippen LogP contribution is -2.61. The highest BCUT2D eigenvalue weighted by Crippen LogP contribution is 2.38. The lowest BCUT2D eigenvalue weighted by molar-refractivity contribution is -0.00833. The van der Waals surface area contributed by atoms with Gasteiger partial charge >= 0.3 is 0 Å². The summed E-state index contributed by atoms with van der Waals surface area (Å²) in [5.41, 5.74) is 6.98. The second-order valence-corrected chi connectivity index (χ2v) is 7.99. The molecule has 2 fully saturated rings. The van der Waals surface area contributed by atoms with Crippen molar-refractivity contribution in [3.63, 3.8) is 0 Å². The van der Waals surface area contributed by atoms with Gasteiger partial charge in [0.15, 0.2) is 0 Å². The number of likely N-dealkylation sites (tertiary alicyclic amines) is 2. The number of hydrogen-bond donors (Lipinski definition) is 1. The maximum Gasteiger partial charge on any atom is 0.0356 e. The zero-order chi connectivity index (χ0) is 14.8. The van der Waals surface area contributed by atoms with Crippen LogP contribution in [0.5, 0.6) is 0 Å². The van der Waals surface area contributed by atoms with Gasteiger partial charge < -0.3 is 10.6 Å². The van der Waals surface area contributed by atoms with E-state index in [4.69, 9.17) is 5.73 Å². The van der Waals surface area contributed by atoms with Crippen LogP contribution >= 0.6 is 0 Å². The lowest BCUT2D eigenvalue weighted by atomic mass is 9.74. The molecular formula is C17H35N3. The number of nitrogens with two attached hydrogens (primary N) is 1. The second-order valence-electron chi connectivity index (χ2n) is 7.99. The lowest BCUT2D eigenvalue weighted by Gasteiger charge is -2.51. The van der Waals surface area contributed by atoms with Crippen molar-refractivity contribution >= 4 is 0 Å². The second kappa shape index (κ2) is 6.33. The van der Waals surface area contributed by atoms with Gasteiger partial charge in [-0.15, -0.1) is 0 Å². The molecule has 0 amide bonds. The van der Waals surface area contributed by atoms with E-state index in [1.807, 2.05) is 0 Å². The van der Waals surface area contributed by atoms with Crippen LogP contribution in [0.15, 0.2) is 0 Å². The van der Waals surface area contributed by atoms with Crippen molar-refractivity contribution in [3.05, 3.63) is 0 Å². The molecular weight excluding hydrogens is 246 g/mol. The van der Waals surface area contributed by atoms with Gasteiger partial charge in [0.2, 0.25) is 0 Å². The van der Waals surface area contributed by atoms with E-state index in [1.165, 1.54) is 58.4 Å². The van der Waals surface area contributed by atoms with E-state index in [2.05, 4.69) is 37.5 Å². The summed E-state index contributed by atoms with van der Waals surface area (Å²) >= 11 is 0. The van der Waals surface area contributed by atoms with Crippen molar-refractivity contribution in [1.82, 2.24) is 9.80 Å². The van der Waals surface area contributed by atoms with Crippen molar-refractivity contribution in [2.75, 3.05) is 39.3 Å². The summed E-state index contributed by atoms with van der Waals surface area (Å²) in [4.78, 5) is 5.30. The van der Waals surface area contributed by atoms with E-state index in [0.29, 0.717) is 11.0 Å². The average Bonchev–Trinajstić information content (AvgIpc) is 2.46. The minimum Gasteiger partial charge on any atom is -0.329 e. The van der Waals surface area contributed by atoms with Gasteiger partial charge in [0.1, 0.15) is 0 Å². The van der Waals surface area contributed by atoms with Gasteiger partial charge in [-0.3, -0.25) is 4.90 Å². The first-order valence-corrected chi connectivity index (χ1v) is 8.59. The minimum atomic E-state index is 0.300. The first-order valence-electron chi connectivity index (χ1n) is 8.59. The topological polar surface area (TPSA) is 32.5 Å². The normalized spacial score (nSPS) is 26.9. The van der Waals surface area contributed by atoms with E-state index in [9.17, 15) is 0 Å². The molecule has 0 aliphatic carbocycles. The molecule has 3 heteroatoms. The van der Waals surface area contributed by atoms with Crippen molar-refractivity contribution in [1.29, 1.82) is 0 Å². The maximum absolute atomic E-state index is 6.22. The van der Waals surface area contributed by atoms with Gasteiger partial charge in [-0.25, -0.2) is 0 Å². The Hall–Kier alpha value is -0.120. The zero-order valence-electron chi connectivity index (χ0n) is 14.1. The molecule has 2 rings (SSSR count). The Morgan fingerprint density at radius 2 is 1.60 bits per heavy atom. The molecule has 3 nitrogen and oxygen atoms in total. The van der Waals surface area contributed by atoms with E-state index in [1.54, 1.807) is 0 Å². The number of piperidine rings is 2. The zero-order valence-corrected chi connectivity index (χ0v) is 14.1. The first kappa shape index (κ1) is 16.3. The summed E-state index contributed by atoms with van der Waals surface area (Å²) in [6.45, 7) is 16.4. The highest BCUT2D eigenvalue weighted by molar-refractivity contribution is 4.98. The molecule has 0 aromatic carbocycles. The predicted molar refractivity (Wildman–Crippen MR) is 86.9 cm³/mol.